The summed E-state index contributed by atoms with van der Waals surface area (Å²) in [7, 11) is 0.746. The molecule has 7 heteroatoms. The standard InChI is InChI=1S/C10H24N2O4Si/c1-14-17(3,15-2)16-9-5-4-6-10(13)12-8-7-11/h4-9,11H2,1-3H3,(H,12,13). The van der Waals surface area contributed by atoms with E-state index in [9.17, 15) is 4.79 Å². The molecule has 102 valence electrons. The van der Waals surface area contributed by atoms with Crippen molar-refractivity contribution in [3.63, 3.8) is 0 Å². The van der Waals surface area contributed by atoms with E-state index < -0.39 is 8.80 Å². The number of hydrogen-bond acceptors (Lipinski definition) is 5. The predicted octanol–water partition coefficient (Wildman–Crippen LogP) is 0.110. The summed E-state index contributed by atoms with van der Waals surface area (Å²) in [4.78, 5) is 11.2. The van der Waals surface area contributed by atoms with Gasteiger partial charge in [0.05, 0.1) is 0 Å². The average Bonchev–Trinajstić information content (AvgIpc) is 2.35. The number of nitrogens with one attached hydrogen (secondary N) is 1. The minimum Gasteiger partial charge on any atom is -0.377 e. The number of rotatable bonds is 10. The Bertz CT molecular complexity index is 212. The second-order valence-electron chi connectivity index (χ2n) is 3.71. The van der Waals surface area contributed by atoms with Crippen molar-refractivity contribution in [1.29, 1.82) is 0 Å². The third kappa shape index (κ3) is 8.28. The summed E-state index contributed by atoms with van der Waals surface area (Å²) in [6.45, 7) is 3.39. The summed E-state index contributed by atoms with van der Waals surface area (Å²) >= 11 is 0. The van der Waals surface area contributed by atoms with Crippen LogP contribution in [0.1, 0.15) is 19.3 Å². The molecule has 0 radical (unpaired) electrons. The first-order valence-electron chi connectivity index (χ1n) is 5.79. The molecule has 0 aromatic rings. The lowest BCUT2D eigenvalue weighted by Crippen LogP contribution is -2.40. The maximum Gasteiger partial charge on any atom is 0.497 e. The molecule has 0 bridgehead atoms. The zero-order chi connectivity index (χ0) is 13.1. The van der Waals surface area contributed by atoms with Crippen molar-refractivity contribution in [2.45, 2.75) is 25.8 Å². The first-order chi connectivity index (χ1) is 8.08. The van der Waals surface area contributed by atoms with Crippen molar-refractivity contribution in [1.82, 2.24) is 5.32 Å². The van der Waals surface area contributed by atoms with E-state index in [1.807, 2.05) is 6.55 Å². The fourth-order valence-corrected chi connectivity index (χ4v) is 2.06. The zero-order valence-corrected chi connectivity index (χ0v) is 12.0. The Kier molecular flexibility index (Phi) is 9.28. The van der Waals surface area contributed by atoms with Gasteiger partial charge in [-0.15, -0.1) is 0 Å². The summed E-state index contributed by atoms with van der Waals surface area (Å²) in [5.41, 5.74) is 5.27. The summed E-state index contributed by atoms with van der Waals surface area (Å²) in [5.74, 6) is 0.0361. The van der Waals surface area contributed by atoms with Gasteiger partial charge in [-0.05, 0) is 12.8 Å². The molecular formula is C10H24N2O4Si. The second kappa shape index (κ2) is 9.55. The minimum atomic E-state index is -2.41. The van der Waals surface area contributed by atoms with Crippen molar-refractivity contribution >= 4 is 14.7 Å². The van der Waals surface area contributed by atoms with Gasteiger partial charge < -0.3 is 24.3 Å². The number of carbonyl (C=O) groups excluding carboxylic acids is 1. The lowest BCUT2D eigenvalue weighted by molar-refractivity contribution is -0.121. The topological polar surface area (TPSA) is 82.8 Å². The fraction of sp³-hybridized carbons (Fsp3) is 0.900. The molecule has 0 rings (SSSR count). The Morgan fingerprint density at radius 3 is 2.47 bits per heavy atom. The number of hydrogen-bond donors (Lipinski definition) is 2. The van der Waals surface area contributed by atoms with E-state index in [2.05, 4.69) is 5.32 Å². The van der Waals surface area contributed by atoms with Crippen LogP contribution in [0.15, 0.2) is 0 Å². The monoisotopic (exact) mass is 264 g/mol. The number of carbonyl (C=O) groups is 1. The van der Waals surface area contributed by atoms with E-state index in [1.54, 1.807) is 14.2 Å². The fourth-order valence-electron chi connectivity index (χ4n) is 1.15. The maximum absolute atomic E-state index is 11.2. The number of unbranched alkanes of at least 4 members (excludes halogenated alkanes) is 1. The van der Waals surface area contributed by atoms with Gasteiger partial charge in [-0.25, -0.2) is 0 Å². The van der Waals surface area contributed by atoms with Gasteiger partial charge >= 0.3 is 8.80 Å². The highest BCUT2D eigenvalue weighted by Gasteiger charge is 2.31. The molecule has 0 saturated carbocycles. The van der Waals surface area contributed by atoms with E-state index in [1.165, 1.54) is 0 Å². The van der Waals surface area contributed by atoms with Gasteiger partial charge in [0.15, 0.2) is 0 Å². The van der Waals surface area contributed by atoms with Crippen molar-refractivity contribution in [2.75, 3.05) is 33.9 Å². The molecule has 17 heavy (non-hydrogen) atoms. The van der Waals surface area contributed by atoms with Crippen LogP contribution in [-0.2, 0) is 18.1 Å². The molecule has 0 fully saturated rings. The van der Waals surface area contributed by atoms with Crippen LogP contribution in [0.2, 0.25) is 6.55 Å². The smallest absolute Gasteiger partial charge is 0.377 e. The molecule has 0 saturated heterocycles. The Balaban J connectivity index is 3.49. The third-order valence-electron chi connectivity index (χ3n) is 2.37. The van der Waals surface area contributed by atoms with Gasteiger partial charge in [0.25, 0.3) is 0 Å². The van der Waals surface area contributed by atoms with Crippen molar-refractivity contribution in [3.05, 3.63) is 0 Å². The molecule has 0 aliphatic heterocycles. The molecule has 6 nitrogen and oxygen atoms in total. The van der Waals surface area contributed by atoms with E-state index in [-0.39, 0.29) is 5.91 Å². The summed E-state index contributed by atoms with van der Waals surface area (Å²) in [6, 6.07) is 0. The summed E-state index contributed by atoms with van der Waals surface area (Å²) in [6.07, 6.45) is 2.10. The SMILES string of the molecule is CO[Si](C)(OC)OCCCCC(=O)NCCN. The Morgan fingerprint density at radius 2 is 1.94 bits per heavy atom. The Morgan fingerprint density at radius 1 is 1.29 bits per heavy atom. The Hall–Kier alpha value is -0.473. The highest BCUT2D eigenvalue weighted by molar-refractivity contribution is 6.59. The molecule has 0 unspecified atom stereocenters. The van der Waals surface area contributed by atoms with Crippen molar-refractivity contribution < 1.29 is 18.1 Å². The van der Waals surface area contributed by atoms with Crippen LogP contribution in [0.5, 0.6) is 0 Å². The third-order valence-corrected chi connectivity index (χ3v) is 4.58. The quantitative estimate of drug-likeness (QED) is 0.432. The highest BCUT2D eigenvalue weighted by Crippen LogP contribution is 2.07. The van der Waals surface area contributed by atoms with Gasteiger partial charge in [0.1, 0.15) is 0 Å². The van der Waals surface area contributed by atoms with Crippen LogP contribution in [0, 0.1) is 0 Å². The largest absolute Gasteiger partial charge is 0.497 e. The van der Waals surface area contributed by atoms with Gasteiger partial charge in [-0.2, -0.15) is 0 Å². The molecule has 0 atom stereocenters. The number of nitrogens with two attached hydrogens (primary N) is 1. The van der Waals surface area contributed by atoms with Crippen LogP contribution in [0.4, 0.5) is 0 Å². The minimum absolute atomic E-state index is 0.0361. The van der Waals surface area contributed by atoms with Crippen molar-refractivity contribution in [2.24, 2.45) is 5.73 Å². The second-order valence-corrected chi connectivity index (χ2v) is 6.54. The molecule has 0 aromatic carbocycles. The van der Waals surface area contributed by atoms with E-state index >= 15 is 0 Å². The zero-order valence-electron chi connectivity index (χ0n) is 11.0. The van der Waals surface area contributed by atoms with E-state index in [0.29, 0.717) is 26.1 Å². The predicted molar refractivity (Wildman–Crippen MR) is 67.5 cm³/mol. The first-order valence-corrected chi connectivity index (χ1v) is 8.01. The lowest BCUT2D eigenvalue weighted by Gasteiger charge is -2.21. The molecule has 0 aliphatic carbocycles. The molecule has 0 aromatic heterocycles. The molecule has 3 N–H and O–H groups in total. The molecular weight excluding hydrogens is 240 g/mol. The molecule has 0 heterocycles. The summed E-state index contributed by atoms with van der Waals surface area (Å²) in [5, 5.41) is 2.72. The van der Waals surface area contributed by atoms with Crippen LogP contribution >= 0.6 is 0 Å². The number of amides is 1. The Labute approximate surface area is 104 Å². The maximum atomic E-state index is 11.2. The van der Waals surface area contributed by atoms with E-state index in [4.69, 9.17) is 19.0 Å². The highest BCUT2D eigenvalue weighted by atomic mass is 28.4. The lowest BCUT2D eigenvalue weighted by atomic mass is 10.2. The summed E-state index contributed by atoms with van der Waals surface area (Å²) < 4.78 is 15.9. The van der Waals surface area contributed by atoms with Crippen LogP contribution in [0.25, 0.3) is 0 Å². The van der Waals surface area contributed by atoms with Crippen molar-refractivity contribution in [3.8, 4) is 0 Å². The molecule has 0 aliphatic rings. The van der Waals surface area contributed by atoms with Gasteiger partial charge in [-0.1, -0.05) is 0 Å². The van der Waals surface area contributed by atoms with Gasteiger partial charge in [0.2, 0.25) is 5.91 Å². The molecule has 0 spiro atoms. The average molecular weight is 264 g/mol. The van der Waals surface area contributed by atoms with Crippen LogP contribution in [0.3, 0.4) is 0 Å². The van der Waals surface area contributed by atoms with Crippen LogP contribution in [-0.4, -0.2) is 48.6 Å². The van der Waals surface area contributed by atoms with Crippen LogP contribution < -0.4 is 11.1 Å². The first kappa shape index (κ1) is 16.5. The van der Waals surface area contributed by atoms with E-state index in [0.717, 1.165) is 12.8 Å². The molecule has 1 amide bonds. The van der Waals surface area contributed by atoms with Gasteiger partial charge in [-0.3, -0.25) is 4.79 Å². The normalized spacial score (nSPS) is 11.5. The van der Waals surface area contributed by atoms with Gasteiger partial charge in [0, 0.05) is 46.9 Å².